The minimum absolute atomic E-state index is 0.295. The third kappa shape index (κ3) is 3.43. The SMILES string of the molecule is C/C(C#N)=C1\c2ccc(Cc3c(C)nc4cc(Cl)ccn34)cc2COc2cc(F)ccc21. The van der Waals surface area contributed by atoms with Crippen LogP contribution in [0.15, 0.2) is 60.3 Å². The van der Waals surface area contributed by atoms with Crippen molar-refractivity contribution < 1.29 is 9.13 Å². The summed E-state index contributed by atoms with van der Waals surface area (Å²) in [5.74, 6) is 0.0782. The number of benzene rings is 2. The molecule has 5 rings (SSSR count). The number of ether oxygens (including phenoxy) is 1. The summed E-state index contributed by atoms with van der Waals surface area (Å²) in [5, 5.41) is 10.3. The van der Waals surface area contributed by atoms with E-state index < -0.39 is 0 Å². The van der Waals surface area contributed by atoms with Gasteiger partial charge in [0.2, 0.25) is 0 Å². The number of aromatic nitrogens is 2. The Bertz CT molecular complexity index is 1460. The number of fused-ring (bicyclic) bond motifs is 3. The smallest absolute Gasteiger partial charge is 0.138 e. The number of rotatable bonds is 2. The maximum absolute atomic E-state index is 13.9. The van der Waals surface area contributed by atoms with E-state index in [2.05, 4.69) is 23.2 Å². The quantitative estimate of drug-likeness (QED) is 0.343. The molecule has 6 heteroatoms. The summed E-state index contributed by atoms with van der Waals surface area (Å²) in [6, 6.07) is 16.6. The third-order valence-electron chi connectivity index (χ3n) is 5.84. The number of allylic oxidation sites excluding steroid dienone is 1. The van der Waals surface area contributed by atoms with Crippen molar-refractivity contribution in [1.82, 2.24) is 9.38 Å². The van der Waals surface area contributed by atoms with Crippen LogP contribution in [-0.2, 0) is 13.0 Å². The lowest BCUT2D eigenvalue weighted by molar-refractivity contribution is 0.305. The zero-order valence-corrected chi connectivity index (χ0v) is 18.4. The van der Waals surface area contributed by atoms with Gasteiger partial charge in [-0.2, -0.15) is 5.26 Å². The number of aryl methyl sites for hydroxylation is 1. The maximum atomic E-state index is 13.9. The molecule has 0 aliphatic carbocycles. The number of pyridine rings is 1. The van der Waals surface area contributed by atoms with Crippen molar-refractivity contribution in [3.8, 4) is 11.8 Å². The molecule has 32 heavy (non-hydrogen) atoms. The number of imidazole rings is 1. The fourth-order valence-corrected chi connectivity index (χ4v) is 4.45. The van der Waals surface area contributed by atoms with Crippen LogP contribution in [0, 0.1) is 24.1 Å². The molecule has 2 aromatic heterocycles. The van der Waals surface area contributed by atoms with E-state index in [0.29, 0.717) is 29.4 Å². The molecule has 2 aromatic carbocycles. The average molecular weight is 444 g/mol. The van der Waals surface area contributed by atoms with Crippen LogP contribution in [-0.4, -0.2) is 9.38 Å². The predicted molar refractivity (Wildman–Crippen MR) is 122 cm³/mol. The van der Waals surface area contributed by atoms with E-state index in [1.807, 2.05) is 35.7 Å². The van der Waals surface area contributed by atoms with Gasteiger partial charge in [0, 0.05) is 52.2 Å². The maximum Gasteiger partial charge on any atom is 0.138 e. The minimum atomic E-state index is -0.368. The Balaban J connectivity index is 1.60. The molecule has 0 atom stereocenters. The summed E-state index contributed by atoms with van der Waals surface area (Å²) in [5.41, 5.74) is 7.90. The van der Waals surface area contributed by atoms with Crippen molar-refractivity contribution in [2.24, 2.45) is 0 Å². The first-order chi connectivity index (χ1) is 15.4. The fourth-order valence-electron chi connectivity index (χ4n) is 4.30. The Morgan fingerprint density at radius 1 is 1.19 bits per heavy atom. The monoisotopic (exact) mass is 443 g/mol. The lowest BCUT2D eigenvalue weighted by Crippen LogP contribution is -2.01. The zero-order valence-electron chi connectivity index (χ0n) is 17.6. The van der Waals surface area contributed by atoms with Gasteiger partial charge in [0.05, 0.1) is 11.8 Å². The molecule has 4 aromatic rings. The molecule has 0 saturated carbocycles. The van der Waals surface area contributed by atoms with E-state index >= 15 is 0 Å². The van der Waals surface area contributed by atoms with Crippen LogP contribution in [0.2, 0.25) is 5.02 Å². The zero-order chi connectivity index (χ0) is 22.4. The van der Waals surface area contributed by atoms with Crippen molar-refractivity contribution in [2.75, 3.05) is 0 Å². The second kappa shape index (κ2) is 7.81. The second-order valence-electron chi connectivity index (χ2n) is 7.93. The molecule has 4 nitrogen and oxygen atoms in total. The van der Waals surface area contributed by atoms with E-state index in [-0.39, 0.29) is 5.82 Å². The number of halogens is 2. The molecular weight excluding hydrogens is 425 g/mol. The molecule has 158 valence electrons. The Hall–Kier alpha value is -3.62. The van der Waals surface area contributed by atoms with Crippen LogP contribution >= 0.6 is 11.6 Å². The van der Waals surface area contributed by atoms with E-state index in [0.717, 1.165) is 44.9 Å². The van der Waals surface area contributed by atoms with Crippen LogP contribution in [0.5, 0.6) is 5.75 Å². The predicted octanol–water partition coefficient (Wildman–Crippen LogP) is 6.26. The molecule has 0 N–H and O–H groups in total. The van der Waals surface area contributed by atoms with E-state index in [1.165, 1.54) is 12.1 Å². The Morgan fingerprint density at radius 2 is 2.00 bits per heavy atom. The topological polar surface area (TPSA) is 50.3 Å². The van der Waals surface area contributed by atoms with Gasteiger partial charge in [-0.15, -0.1) is 0 Å². The number of hydrogen-bond acceptors (Lipinski definition) is 3. The van der Waals surface area contributed by atoms with Crippen LogP contribution in [0.4, 0.5) is 4.39 Å². The first-order valence-electron chi connectivity index (χ1n) is 10.2. The van der Waals surface area contributed by atoms with Crippen molar-refractivity contribution in [1.29, 1.82) is 5.26 Å². The van der Waals surface area contributed by atoms with Crippen molar-refractivity contribution >= 4 is 22.8 Å². The Labute approximate surface area is 190 Å². The molecule has 1 aliphatic rings. The normalized spacial score (nSPS) is 14.2. The largest absolute Gasteiger partial charge is 0.488 e. The van der Waals surface area contributed by atoms with Crippen LogP contribution in [0.3, 0.4) is 0 Å². The van der Waals surface area contributed by atoms with Gasteiger partial charge >= 0.3 is 0 Å². The highest BCUT2D eigenvalue weighted by Gasteiger charge is 2.22. The van der Waals surface area contributed by atoms with Crippen molar-refractivity contribution in [3.63, 3.8) is 0 Å². The summed E-state index contributed by atoms with van der Waals surface area (Å²) in [6.07, 6.45) is 2.61. The molecule has 1 aliphatic heterocycles. The molecule has 3 heterocycles. The van der Waals surface area contributed by atoms with Gasteiger partial charge < -0.3 is 9.14 Å². The van der Waals surface area contributed by atoms with Crippen molar-refractivity contribution in [2.45, 2.75) is 26.9 Å². The molecule has 0 saturated heterocycles. The van der Waals surface area contributed by atoms with Gasteiger partial charge in [0.15, 0.2) is 0 Å². The highest BCUT2D eigenvalue weighted by atomic mass is 35.5. The summed E-state index contributed by atoms with van der Waals surface area (Å²) < 4.78 is 21.9. The highest BCUT2D eigenvalue weighted by molar-refractivity contribution is 6.30. The third-order valence-corrected chi connectivity index (χ3v) is 6.07. The average Bonchev–Trinajstić information content (AvgIpc) is 2.98. The standard InChI is InChI=1S/C26H19ClFN3O/c1-15(13-29)26-21-5-3-17(9-18(21)14-32-24-12-20(28)4-6-22(24)26)10-23-16(2)30-25-11-19(27)7-8-31(23)25/h3-9,11-12H,10,14H2,1-2H3/b26-15-. The van der Waals surface area contributed by atoms with Crippen LogP contribution < -0.4 is 4.74 Å². The van der Waals surface area contributed by atoms with Gasteiger partial charge in [-0.25, -0.2) is 9.37 Å². The molecule has 0 bridgehead atoms. The van der Waals surface area contributed by atoms with Gasteiger partial charge in [0.1, 0.15) is 23.8 Å². The van der Waals surface area contributed by atoms with Crippen molar-refractivity contribution in [3.05, 3.63) is 105 Å². The highest BCUT2D eigenvalue weighted by Crippen LogP contribution is 2.39. The summed E-state index contributed by atoms with van der Waals surface area (Å²) in [4.78, 5) is 4.63. The molecule has 0 spiro atoms. The van der Waals surface area contributed by atoms with Gasteiger partial charge in [-0.1, -0.05) is 29.8 Å². The first kappa shape index (κ1) is 20.3. The lowest BCUT2D eigenvalue weighted by atomic mass is 9.89. The fraction of sp³-hybridized carbons (Fsp3) is 0.154. The van der Waals surface area contributed by atoms with Crippen LogP contribution in [0.25, 0.3) is 11.2 Å². The Kier molecular flexibility index (Phi) is 4.96. The first-order valence-corrected chi connectivity index (χ1v) is 10.6. The van der Waals surface area contributed by atoms with E-state index in [9.17, 15) is 9.65 Å². The van der Waals surface area contributed by atoms with E-state index in [4.69, 9.17) is 16.3 Å². The molecule has 0 radical (unpaired) electrons. The van der Waals surface area contributed by atoms with E-state index in [1.54, 1.807) is 13.0 Å². The Morgan fingerprint density at radius 3 is 2.81 bits per heavy atom. The molecule has 0 unspecified atom stereocenters. The molecule has 0 amide bonds. The van der Waals surface area contributed by atoms with Gasteiger partial charge in [-0.05, 0) is 48.7 Å². The van der Waals surface area contributed by atoms with Gasteiger partial charge in [0.25, 0.3) is 0 Å². The number of nitrogens with zero attached hydrogens (tertiary/aromatic N) is 3. The number of nitriles is 1. The lowest BCUT2D eigenvalue weighted by Gasteiger charge is -2.13. The minimum Gasteiger partial charge on any atom is -0.488 e. The van der Waals surface area contributed by atoms with Crippen LogP contribution in [0.1, 0.15) is 40.6 Å². The van der Waals surface area contributed by atoms with Gasteiger partial charge in [-0.3, -0.25) is 0 Å². The second-order valence-corrected chi connectivity index (χ2v) is 8.36. The molecule has 0 fully saturated rings. The summed E-state index contributed by atoms with van der Waals surface area (Å²) in [6.45, 7) is 4.06. The number of hydrogen-bond donors (Lipinski definition) is 0. The summed E-state index contributed by atoms with van der Waals surface area (Å²) >= 11 is 6.12. The molecular formula is C26H19ClFN3O. The summed E-state index contributed by atoms with van der Waals surface area (Å²) in [7, 11) is 0.